The van der Waals surface area contributed by atoms with E-state index in [0.29, 0.717) is 24.5 Å². The van der Waals surface area contributed by atoms with Gasteiger partial charge in [-0.15, -0.1) is 11.3 Å². The Morgan fingerprint density at radius 2 is 2.06 bits per heavy atom. The smallest absolute Gasteiger partial charge is 0.161 e. The number of hydrogen-bond donors (Lipinski definition) is 1. The van der Waals surface area contributed by atoms with E-state index in [1.165, 1.54) is 11.3 Å². The average molecular weight is 265 g/mol. The van der Waals surface area contributed by atoms with Crippen LogP contribution in [0.1, 0.15) is 10.7 Å². The first-order chi connectivity index (χ1) is 8.83. The van der Waals surface area contributed by atoms with E-state index in [0.717, 1.165) is 10.7 Å². The van der Waals surface area contributed by atoms with E-state index in [2.05, 4.69) is 4.98 Å². The van der Waals surface area contributed by atoms with Crippen molar-refractivity contribution in [3.8, 4) is 11.5 Å². The molecule has 0 saturated heterocycles. The largest absolute Gasteiger partial charge is 0.493 e. The van der Waals surface area contributed by atoms with E-state index in [1.54, 1.807) is 7.11 Å². The van der Waals surface area contributed by atoms with Crippen LogP contribution in [-0.2, 0) is 13.0 Å². The number of thiazole rings is 1. The van der Waals surface area contributed by atoms with Crippen LogP contribution in [0.4, 0.5) is 0 Å². The third kappa shape index (κ3) is 3.21. The number of aliphatic hydroxyl groups excluding tert-OH is 1. The molecule has 0 unspecified atom stereocenters. The lowest BCUT2D eigenvalue weighted by molar-refractivity contribution is 0.282. The number of aliphatic hydroxyl groups is 1. The van der Waals surface area contributed by atoms with Crippen molar-refractivity contribution < 1.29 is 14.6 Å². The topological polar surface area (TPSA) is 51.6 Å². The number of methoxy groups -OCH3 is 1. The van der Waals surface area contributed by atoms with E-state index in [1.807, 2.05) is 29.6 Å². The molecule has 1 heterocycles. The maximum absolute atomic E-state index is 8.82. The summed E-state index contributed by atoms with van der Waals surface area (Å²) in [7, 11) is 1.62. The SMILES string of the molecule is COc1ccccc1OCc1nc(CCO)cs1. The summed E-state index contributed by atoms with van der Waals surface area (Å²) in [5, 5.41) is 11.7. The molecule has 0 aliphatic rings. The molecule has 0 atom stereocenters. The first kappa shape index (κ1) is 12.9. The second-order valence-electron chi connectivity index (χ2n) is 3.65. The molecule has 1 aromatic heterocycles. The lowest BCUT2D eigenvalue weighted by atomic mass is 10.3. The number of para-hydroxylation sites is 2. The van der Waals surface area contributed by atoms with Crippen molar-refractivity contribution in [1.29, 1.82) is 0 Å². The summed E-state index contributed by atoms with van der Waals surface area (Å²) in [6, 6.07) is 7.51. The highest BCUT2D eigenvalue weighted by atomic mass is 32.1. The highest BCUT2D eigenvalue weighted by Crippen LogP contribution is 2.26. The number of hydrogen-bond acceptors (Lipinski definition) is 5. The lowest BCUT2D eigenvalue weighted by Crippen LogP contribution is -1.98. The van der Waals surface area contributed by atoms with Crippen molar-refractivity contribution in [1.82, 2.24) is 4.98 Å². The quantitative estimate of drug-likeness (QED) is 0.870. The van der Waals surface area contributed by atoms with Crippen molar-refractivity contribution in [3.05, 3.63) is 40.3 Å². The second kappa shape index (κ2) is 6.37. The highest BCUT2D eigenvalue weighted by Gasteiger charge is 2.05. The van der Waals surface area contributed by atoms with Crippen LogP contribution in [0, 0.1) is 0 Å². The Bertz CT molecular complexity index is 498. The van der Waals surface area contributed by atoms with Crippen LogP contribution in [0.15, 0.2) is 29.6 Å². The summed E-state index contributed by atoms with van der Waals surface area (Å²) in [5.74, 6) is 1.42. The fraction of sp³-hybridized carbons (Fsp3) is 0.308. The molecule has 0 spiro atoms. The summed E-state index contributed by atoms with van der Waals surface area (Å²) < 4.78 is 10.9. The monoisotopic (exact) mass is 265 g/mol. The van der Waals surface area contributed by atoms with Crippen LogP contribution in [0.5, 0.6) is 11.5 Å². The van der Waals surface area contributed by atoms with Crippen LogP contribution in [0.2, 0.25) is 0 Å². The van der Waals surface area contributed by atoms with Gasteiger partial charge in [0.25, 0.3) is 0 Å². The fourth-order valence-electron chi connectivity index (χ4n) is 1.52. The zero-order valence-electron chi connectivity index (χ0n) is 10.1. The summed E-state index contributed by atoms with van der Waals surface area (Å²) in [4.78, 5) is 4.36. The molecule has 0 fully saturated rings. The van der Waals surface area contributed by atoms with Crippen LogP contribution in [0.25, 0.3) is 0 Å². The van der Waals surface area contributed by atoms with Crippen molar-refractivity contribution in [3.63, 3.8) is 0 Å². The molecule has 0 aliphatic carbocycles. The molecule has 0 aliphatic heterocycles. The van der Waals surface area contributed by atoms with Gasteiger partial charge in [0.2, 0.25) is 0 Å². The Kier molecular flexibility index (Phi) is 4.55. The van der Waals surface area contributed by atoms with Crippen molar-refractivity contribution >= 4 is 11.3 Å². The molecule has 5 heteroatoms. The van der Waals surface area contributed by atoms with Gasteiger partial charge in [0.1, 0.15) is 11.6 Å². The number of benzene rings is 1. The Morgan fingerprint density at radius 3 is 2.78 bits per heavy atom. The highest BCUT2D eigenvalue weighted by molar-refractivity contribution is 7.09. The summed E-state index contributed by atoms with van der Waals surface area (Å²) >= 11 is 1.53. The summed E-state index contributed by atoms with van der Waals surface area (Å²) in [5.41, 5.74) is 0.904. The third-order valence-corrected chi connectivity index (χ3v) is 3.26. The Hall–Kier alpha value is -1.59. The fourth-order valence-corrected chi connectivity index (χ4v) is 2.26. The van der Waals surface area contributed by atoms with Gasteiger partial charge in [0.15, 0.2) is 11.5 Å². The zero-order valence-corrected chi connectivity index (χ0v) is 10.9. The molecule has 2 rings (SSSR count). The third-order valence-electron chi connectivity index (χ3n) is 2.39. The maximum atomic E-state index is 8.82. The van der Waals surface area contributed by atoms with E-state index in [9.17, 15) is 0 Å². The summed E-state index contributed by atoms with van der Waals surface area (Å²) in [6.07, 6.45) is 0.588. The summed E-state index contributed by atoms with van der Waals surface area (Å²) in [6.45, 7) is 0.535. The van der Waals surface area contributed by atoms with E-state index in [4.69, 9.17) is 14.6 Å². The van der Waals surface area contributed by atoms with E-state index >= 15 is 0 Å². The lowest BCUT2D eigenvalue weighted by Gasteiger charge is -2.08. The minimum Gasteiger partial charge on any atom is -0.493 e. The average Bonchev–Trinajstić information content (AvgIpc) is 2.85. The van der Waals surface area contributed by atoms with E-state index in [-0.39, 0.29) is 6.61 Å². The number of rotatable bonds is 6. The maximum Gasteiger partial charge on any atom is 0.161 e. The Labute approximate surface area is 110 Å². The van der Waals surface area contributed by atoms with Crippen molar-refractivity contribution in [2.24, 2.45) is 0 Å². The first-order valence-electron chi connectivity index (χ1n) is 5.63. The minimum atomic E-state index is 0.122. The van der Waals surface area contributed by atoms with Gasteiger partial charge in [-0.1, -0.05) is 12.1 Å². The molecule has 1 aromatic carbocycles. The zero-order chi connectivity index (χ0) is 12.8. The van der Waals surface area contributed by atoms with Gasteiger partial charge in [-0.2, -0.15) is 0 Å². The van der Waals surface area contributed by atoms with Gasteiger partial charge < -0.3 is 14.6 Å². The molecular formula is C13H15NO3S. The molecular weight excluding hydrogens is 250 g/mol. The van der Waals surface area contributed by atoms with Gasteiger partial charge in [-0.25, -0.2) is 4.98 Å². The Morgan fingerprint density at radius 1 is 1.28 bits per heavy atom. The molecule has 1 N–H and O–H groups in total. The van der Waals surface area contributed by atoms with Gasteiger partial charge in [0.05, 0.1) is 12.8 Å². The standard InChI is InChI=1S/C13H15NO3S/c1-16-11-4-2-3-5-12(11)17-8-13-14-10(6-7-15)9-18-13/h2-5,9,15H,6-8H2,1H3. The van der Waals surface area contributed by atoms with Crippen LogP contribution >= 0.6 is 11.3 Å². The number of aromatic nitrogens is 1. The van der Waals surface area contributed by atoms with Gasteiger partial charge in [0, 0.05) is 18.4 Å². The normalized spacial score (nSPS) is 10.3. The predicted molar refractivity (Wildman–Crippen MR) is 70.2 cm³/mol. The van der Waals surface area contributed by atoms with Crippen LogP contribution < -0.4 is 9.47 Å². The van der Waals surface area contributed by atoms with Gasteiger partial charge in [-0.3, -0.25) is 0 Å². The van der Waals surface area contributed by atoms with Gasteiger partial charge >= 0.3 is 0 Å². The molecule has 18 heavy (non-hydrogen) atoms. The predicted octanol–water partition coefficient (Wildman–Crippen LogP) is 2.27. The minimum absolute atomic E-state index is 0.122. The van der Waals surface area contributed by atoms with E-state index < -0.39 is 0 Å². The van der Waals surface area contributed by atoms with Crippen LogP contribution in [0.3, 0.4) is 0 Å². The number of ether oxygens (including phenoxy) is 2. The first-order valence-corrected chi connectivity index (χ1v) is 6.51. The molecule has 0 saturated carbocycles. The molecule has 96 valence electrons. The van der Waals surface area contributed by atoms with Gasteiger partial charge in [-0.05, 0) is 12.1 Å². The van der Waals surface area contributed by atoms with Crippen LogP contribution in [-0.4, -0.2) is 23.8 Å². The molecule has 0 radical (unpaired) electrons. The second-order valence-corrected chi connectivity index (χ2v) is 4.59. The number of nitrogens with zero attached hydrogens (tertiary/aromatic N) is 1. The molecule has 4 nitrogen and oxygen atoms in total. The van der Waals surface area contributed by atoms with Crippen molar-refractivity contribution in [2.45, 2.75) is 13.0 Å². The van der Waals surface area contributed by atoms with Crippen molar-refractivity contribution in [2.75, 3.05) is 13.7 Å². The molecule has 2 aromatic rings. The molecule has 0 bridgehead atoms. The Balaban J connectivity index is 1.97. The molecule has 0 amide bonds.